The highest BCUT2D eigenvalue weighted by atomic mass is 14.2. The van der Waals surface area contributed by atoms with Gasteiger partial charge in [0.1, 0.15) is 0 Å². The highest BCUT2D eigenvalue weighted by molar-refractivity contribution is 4.80. The Kier molecular flexibility index (Phi) is 12.6. The van der Waals surface area contributed by atoms with Crippen molar-refractivity contribution in [2.75, 3.05) is 0 Å². The average molecular weight is 280 g/mol. The van der Waals surface area contributed by atoms with Crippen molar-refractivity contribution in [1.29, 1.82) is 0 Å². The van der Waals surface area contributed by atoms with E-state index in [0.29, 0.717) is 0 Å². The van der Waals surface area contributed by atoms with Gasteiger partial charge in [-0.05, 0) is 18.8 Å². The second-order valence-corrected chi connectivity index (χ2v) is 6.96. The Morgan fingerprint density at radius 1 is 0.700 bits per heavy atom. The zero-order valence-corrected chi connectivity index (χ0v) is 14.2. The summed E-state index contributed by atoms with van der Waals surface area (Å²) in [7, 11) is 0. The first kappa shape index (κ1) is 18.1. The molecule has 0 aromatic heterocycles. The van der Waals surface area contributed by atoms with Crippen molar-refractivity contribution in [3.63, 3.8) is 0 Å². The van der Waals surface area contributed by atoms with Crippen molar-refractivity contribution < 1.29 is 0 Å². The molecule has 0 aromatic carbocycles. The predicted octanol–water partition coefficient (Wildman–Crippen LogP) is 7.47. The molecule has 1 atom stereocenters. The highest BCUT2D eigenvalue weighted by Crippen LogP contribution is 2.27. The zero-order chi connectivity index (χ0) is 14.3. The largest absolute Gasteiger partial charge is 0.0654 e. The van der Waals surface area contributed by atoms with Crippen LogP contribution in [-0.2, 0) is 0 Å². The molecule has 1 unspecified atom stereocenters. The van der Waals surface area contributed by atoms with Gasteiger partial charge in [0.05, 0.1) is 0 Å². The predicted molar refractivity (Wildman–Crippen MR) is 92.0 cm³/mol. The molecule has 1 rings (SSSR count). The Morgan fingerprint density at radius 2 is 1.25 bits per heavy atom. The van der Waals surface area contributed by atoms with Crippen LogP contribution in [0.4, 0.5) is 0 Å². The van der Waals surface area contributed by atoms with Gasteiger partial charge in [0.25, 0.3) is 0 Å². The van der Waals surface area contributed by atoms with E-state index in [1.54, 1.807) is 0 Å². The Labute approximate surface area is 129 Å². The van der Waals surface area contributed by atoms with Gasteiger partial charge in [-0.15, -0.1) is 0 Å². The molecule has 0 saturated heterocycles. The van der Waals surface area contributed by atoms with Crippen LogP contribution in [0.1, 0.15) is 116 Å². The fourth-order valence-corrected chi connectivity index (χ4v) is 3.53. The maximum absolute atomic E-state index is 2.60. The van der Waals surface area contributed by atoms with Crippen molar-refractivity contribution in [2.24, 2.45) is 5.92 Å². The van der Waals surface area contributed by atoms with Gasteiger partial charge in [-0.25, -0.2) is 0 Å². The molecule has 1 fully saturated rings. The number of hydrogen-bond acceptors (Lipinski definition) is 0. The summed E-state index contributed by atoms with van der Waals surface area (Å²) in [6.07, 6.45) is 27.6. The van der Waals surface area contributed by atoms with Crippen LogP contribution in [0.3, 0.4) is 0 Å². The maximum Gasteiger partial charge on any atom is -0.0355 e. The molecule has 119 valence electrons. The summed E-state index contributed by atoms with van der Waals surface area (Å²) in [5.41, 5.74) is 0. The molecule has 0 amide bonds. The van der Waals surface area contributed by atoms with Gasteiger partial charge in [-0.2, -0.15) is 0 Å². The molecule has 0 heterocycles. The highest BCUT2D eigenvalue weighted by Gasteiger charge is 2.12. The Hall–Kier alpha value is 0. The minimum Gasteiger partial charge on any atom is -0.0654 e. The first-order valence-electron chi connectivity index (χ1n) is 9.77. The van der Waals surface area contributed by atoms with Crippen LogP contribution >= 0.6 is 0 Å². The molecular formula is C20H39. The van der Waals surface area contributed by atoms with Gasteiger partial charge in [0.15, 0.2) is 0 Å². The molecule has 0 N–H and O–H groups in total. The summed E-state index contributed by atoms with van der Waals surface area (Å²) < 4.78 is 0. The van der Waals surface area contributed by atoms with Gasteiger partial charge in [-0.3, -0.25) is 0 Å². The van der Waals surface area contributed by atoms with Crippen molar-refractivity contribution in [2.45, 2.75) is 116 Å². The molecular weight excluding hydrogens is 240 g/mol. The van der Waals surface area contributed by atoms with E-state index in [4.69, 9.17) is 0 Å². The van der Waals surface area contributed by atoms with Crippen LogP contribution in [0.2, 0.25) is 0 Å². The molecule has 1 aliphatic rings. The van der Waals surface area contributed by atoms with E-state index in [-0.39, 0.29) is 0 Å². The van der Waals surface area contributed by atoms with E-state index in [0.717, 1.165) is 5.92 Å². The normalized spacial score (nSPS) is 16.6. The minimum atomic E-state index is 0.979. The van der Waals surface area contributed by atoms with Crippen molar-refractivity contribution in [3.8, 4) is 0 Å². The number of rotatable bonds is 13. The first-order valence-corrected chi connectivity index (χ1v) is 9.77. The average Bonchev–Trinajstić information content (AvgIpc) is 2.49. The molecule has 0 nitrogen and oxygen atoms in total. The SMILES string of the molecule is CCCCCCCCCCCCCCC1[CH]CCCC1. The lowest BCUT2D eigenvalue weighted by atomic mass is 9.85. The van der Waals surface area contributed by atoms with Crippen molar-refractivity contribution >= 4 is 0 Å². The third-order valence-corrected chi connectivity index (χ3v) is 4.96. The number of unbranched alkanes of at least 4 members (excludes halogenated alkanes) is 11. The lowest BCUT2D eigenvalue weighted by Gasteiger charge is -2.20. The van der Waals surface area contributed by atoms with Gasteiger partial charge in [-0.1, -0.05) is 110 Å². The summed E-state index contributed by atoms with van der Waals surface area (Å²) in [4.78, 5) is 0. The molecule has 1 saturated carbocycles. The van der Waals surface area contributed by atoms with Crippen molar-refractivity contribution in [3.05, 3.63) is 6.42 Å². The summed E-state index contributed by atoms with van der Waals surface area (Å²) >= 11 is 0. The Bertz CT molecular complexity index is 178. The van der Waals surface area contributed by atoms with Gasteiger partial charge in [0, 0.05) is 0 Å². The van der Waals surface area contributed by atoms with Crippen LogP contribution in [-0.4, -0.2) is 0 Å². The molecule has 0 aromatic rings. The lowest BCUT2D eigenvalue weighted by molar-refractivity contribution is 0.402. The smallest absolute Gasteiger partial charge is 0.0355 e. The topological polar surface area (TPSA) is 0 Å². The maximum atomic E-state index is 2.60. The minimum absolute atomic E-state index is 0.979. The van der Waals surface area contributed by atoms with E-state index < -0.39 is 0 Å². The Morgan fingerprint density at radius 3 is 1.75 bits per heavy atom. The fourth-order valence-electron chi connectivity index (χ4n) is 3.53. The zero-order valence-electron chi connectivity index (χ0n) is 14.2. The van der Waals surface area contributed by atoms with Crippen LogP contribution < -0.4 is 0 Å². The Balaban J connectivity index is 1.70. The summed E-state index contributed by atoms with van der Waals surface area (Å²) in [6, 6.07) is 0. The van der Waals surface area contributed by atoms with E-state index in [2.05, 4.69) is 13.3 Å². The van der Waals surface area contributed by atoms with E-state index in [1.165, 1.54) is 109 Å². The van der Waals surface area contributed by atoms with Crippen molar-refractivity contribution in [1.82, 2.24) is 0 Å². The molecule has 0 spiro atoms. The standard InChI is InChI=1S/C20H39/c1-2-3-4-5-6-7-8-9-10-11-12-14-17-20-18-15-13-16-19-20/h18,20H,2-17,19H2,1H3. The molecule has 0 aliphatic heterocycles. The van der Waals surface area contributed by atoms with Crippen LogP contribution in [0.15, 0.2) is 0 Å². The summed E-state index contributed by atoms with van der Waals surface area (Å²) in [6.45, 7) is 2.30. The van der Waals surface area contributed by atoms with E-state index in [9.17, 15) is 0 Å². The molecule has 1 aliphatic carbocycles. The third-order valence-electron chi connectivity index (χ3n) is 4.96. The molecule has 0 bridgehead atoms. The van der Waals surface area contributed by atoms with Crippen LogP contribution in [0.5, 0.6) is 0 Å². The van der Waals surface area contributed by atoms with Gasteiger partial charge >= 0.3 is 0 Å². The van der Waals surface area contributed by atoms with Gasteiger partial charge < -0.3 is 0 Å². The first-order chi connectivity index (χ1) is 9.93. The van der Waals surface area contributed by atoms with E-state index in [1.807, 2.05) is 0 Å². The fraction of sp³-hybridized carbons (Fsp3) is 0.950. The van der Waals surface area contributed by atoms with Crippen LogP contribution in [0, 0.1) is 12.3 Å². The summed E-state index contributed by atoms with van der Waals surface area (Å²) in [5, 5.41) is 0. The van der Waals surface area contributed by atoms with Crippen LogP contribution in [0.25, 0.3) is 0 Å². The lowest BCUT2D eigenvalue weighted by Crippen LogP contribution is -2.06. The monoisotopic (exact) mass is 279 g/mol. The second-order valence-electron chi connectivity index (χ2n) is 6.96. The molecule has 0 heteroatoms. The quantitative estimate of drug-likeness (QED) is 0.307. The molecule has 1 radical (unpaired) electrons. The second kappa shape index (κ2) is 14.0. The summed E-state index contributed by atoms with van der Waals surface area (Å²) in [5.74, 6) is 0.979. The molecule has 20 heavy (non-hydrogen) atoms. The third kappa shape index (κ3) is 10.7. The van der Waals surface area contributed by atoms with E-state index >= 15 is 0 Å². The van der Waals surface area contributed by atoms with Gasteiger partial charge in [0.2, 0.25) is 0 Å². The number of hydrogen-bond donors (Lipinski definition) is 0.